The predicted molar refractivity (Wildman–Crippen MR) is 79.6 cm³/mol. The van der Waals surface area contributed by atoms with E-state index in [0.29, 0.717) is 0 Å². The molecule has 3 heteroatoms. The van der Waals surface area contributed by atoms with Crippen LogP contribution >= 0.6 is 0 Å². The molecule has 1 aliphatic heterocycles. The lowest BCUT2D eigenvalue weighted by molar-refractivity contribution is 0.0281. The van der Waals surface area contributed by atoms with Crippen molar-refractivity contribution in [1.82, 2.24) is 10.2 Å². The monoisotopic (exact) mass is 262 g/mol. The first-order valence-corrected chi connectivity index (χ1v) is 7.31. The molecule has 0 spiro atoms. The lowest BCUT2D eigenvalue weighted by Gasteiger charge is -2.38. The topological polar surface area (TPSA) is 24.5 Å². The van der Waals surface area contributed by atoms with Crippen molar-refractivity contribution in [3.05, 3.63) is 35.9 Å². The van der Waals surface area contributed by atoms with Gasteiger partial charge in [-0.15, -0.1) is 0 Å². The van der Waals surface area contributed by atoms with Gasteiger partial charge in [0.2, 0.25) is 0 Å². The molecule has 1 saturated heterocycles. The van der Waals surface area contributed by atoms with Crippen molar-refractivity contribution in [2.75, 3.05) is 45.9 Å². The lowest BCUT2D eigenvalue weighted by Crippen LogP contribution is -2.48. The maximum absolute atomic E-state index is 5.44. The summed E-state index contributed by atoms with van der Waals surface area (Å²) in [4.78, 5) is 2.52. The van der Waals surface area contributed by atoms with Crippen LogP contribution in [-0.2, 0) is 10.2 Å². The van der Waals surface area contributed by atoms with E-state index >= 15 is 0 Å². The fraction of sp³-hybridized carbons (Fsp3) is 0.625. The number of likely N-dealkylation sites (N-methyl/N-ethyl adjacent to an activating group) is 1. The van der Waals surface area contributed by atoms with E-state index in [1.54, 1.807) is 0 Å². The molecule has 19 heavy (non-hydrogen) atoms. The van der Waals surface area contributed by atoms with Gasteiger partial charge in [-0.05, 0) is 12.1 Å². The van der Waals surface area contributed by atoms with Gasteiger partial charge in [0, 0.05) is 31.6 Å². The summed E-state index contributed by atoms with van der Waals surface area (Å²) in [6.45, 7) is 11.5. The normalized spacial score (nSPS) is 20.1. The molecule has 106 valence electrons. The second kappa shape index (κ2) is 7.04. The van der Waals surface area contributed by atoms with Gasteiger partial charge < -0.3 is 10.1 Å². The maximum atomic E-state index is 5.44. The van der Waals surface area contributed by atoms with Crippen molar-refractivity contribution in [1.29, 1.82) is 0 Å². The van der Waals surface area contributed by atoms with Crippen LogP contribution in [0.15, 0.2) is 30.3 Å². The van der Waals surface area contributed by atoms with E-state index in [-0.39, 0.29) is 5.41 Å². The minimum Gasteiger partial charge on any atom is -0.379 e. The molecule has 0 aromatic heterocycles. The van der Waals surface area contributed by atoms with E-state index in [0.717, 1.165) is 45.9 Å². The number of nitrogens with zero attached hydrogens (tertiary/aromatic N) is 1. The van der Waals surface area contributed by atoms with Crippen molar-refractivity contribution >= 4 is 0 Å². The molecule has 1 aromatic rings. The zero-order valence-corrected chi connectivity index (χ0v) is 12.2. The molecule has 1 aromatic carbocycles. The van der Waals surface area contributed by atoms with Gasteiger partial charge in [-0.3, -0.25) is 4.90 Å². The van der Waals surface area contributed by atoms with Crippen LogP contribution in [0.25, 0.3) is 0 Å². The summed E-state index contributed by atoms with van der Waals surface area (Å²) in [6, 6.07) is 10.9. The van der Waals surface area contributed by atoms with Crippen LogP contribution in [0, 0.1) is 0 Å². The quantitative estimate of drug-likeness (QED) is 0.847. The van der Waals surface area contributed by atoms with E-state index in [4.69, 9.17) is 4.74 Å². The molecule has 0 saturated carbocycles. The Morgan fingerprint density at radius 3 is 2.53 bits per heavy atom. The second-order valence-corrected chi connectivity index (χ2v) is 5.60. The Balaban J connectivity index is 2.09. The van der Waals surface area contributed by atoms with E-state index in [9.17, 15) is 0 Å². The van der Waals surface area contributed by atoms with Gasteiger partial charge in [0.05, 0.1) is 13.2 Å². The second-order valence-electron chi connectivity index (χ2n) is 5.60. The highest BCUT2D eigenvalue weighted by molar-refractivity contribution is 5.25. The van der Waals surface area contributed by atoms with E-state index in [1.807, 2.05) is 0 Å². The number of hydrogen-bond acceptors (Lipinski definition) is 3. The standard InChI is InChI=1S/C16H26N2O/c1-3-17-13-16(2,15-7-5-4-6-8-15)14-18-9-11-19-12-10-18/h4-8,17H,3,9-14H2,1-2H3. The summed E-state index contributed by atoms with van der Waals surface area (Å²) in [6.07, 6.45) is 0. The SMILES string of the molecule is CCNCC(C)(CN1CCOCC1)c1ccccc1. The molecule has 1 heterocycles. The third-order valence-corrected chi connectivity index (χ3v) is 3.91. The smallest absolute Gasteiger partial charge is 0.0594 e. The Hall–Kier alpha value is -0.900. The number of rotatable bonds is 6. The van der Waals surface area contributed by atoms with Crippen molar-refractivity contribution in [2.45, 2.75) is 19.3 Å². The van der Waals surface area contributed by atoms with E-state index in [1.165, 1.54) is 5.56 Å². The summed E-state index contributed by atoms with van der Waals surface area (Å²) in [7, 11) is 0. The molecule has 2 rings (SSSR count). The molecule has 1 fully saturated rings. The average molecular weight is 262 g/mol. The number of nitrogens with one attached hydrogen (secondary N) is 1. The van der Waals surface area contributed by atoms with Crippen molar-refractivity contribution in [2.24, 2.45) is 0 Å². The first-order chi connectivity index (χ1) is 9.24. The van der Waals surface area contributed by atoms with Gasteiger partial charge in [0.25, 0.3) is 0 Å². The first-order valence-electron chi connectivity index (χ1n) is 7.31. The fourth-order valence-corrected chi connectivity index (χ4v) is 2.74. The van der Waals surface area contributed by atoms with Crippen molar-refractivity contribution in [3.63, 3.8) is 0 Å². The molecule has 1 N–H and O–H groups in total. The highest BCUT2D eigenvalue weighted by Gasteiger charge is 2.29. The van der Waals surface area contributed by atoms with Crippen molar-refractivity contribution < 1.29 is 4.74 Å². The summed E-state index contributed by atoms with van der Waals surface area (Å²) in [5.41, 5.74) is 1.58. The van der Waals surface area contributed by atoms with Crippen LogP contribution in [0.5, 0.6) is 0 Å². The summed E-state index contributed by atoms with van der Waals surface area (Å²) >= 11 is 0. The van der Waals surface area contributed by atoms with Crippen LogP contribution in [0.3, 0.4) is 0 Å². The van der Waals surface area contributed by atoms with Crippen LogP contribution < -0.4 is 5.32 Å². The largest absolute Gasteiger partial charge is 0.379 e. The Kier molecular flexibility index (Phi) is 5.37. The number of benzene rings is 1. The Labute approximate surface area is 116 Å². The van der Waals surface area contributed by atoms with Crippen molar-refractivity contribution in [3.8, 4) is 0 Å². The molecule has 3 nitrogen and oxygen atoms in total. The Morgan fingerprint density at radius 2 is 1.89 bits per heavy atom. The van der Waals surface area contributed by atoms with E-state index < -0.39 is 0 Å². The fourth-order valence-electron chi connectivity index (χ4n) is 2.74. The molecule has 0 amide bonds. The Bertz CT molecular complexity index is 362. The highest BCUT2D eigenvalue weighted by Crippen LogP contribution is 2.24. The molecular weight excluding hydrogens is 236 g/mol. The van der Waals surface area contributed by atoms with Gasteiger partial charge >= 0.3 is 0 Å². The third-order valence-electron chi connectivity index (χ3n) is 3.91. The molecule has 0 aliphatic carbocycles. The number of hydrogen-bond donors (Lipinski definition) is 1. The number of ether oxygens (including phenoxy) is 1. The third kappa shape index (κ3) is 4.03. The van der Waals surface area contributed by atoms with Gasteiger partial charge in [-0.1, -0.05) is 44.2 Å². The van der Waals surface area contributed by atoms with Gasteiger partial charge in [-0.25, -0.2) is 0 Å². The minimum atomic E-state index is 0.161. The minimum absolute atomic E-state index is 0.161. The van der Waals surface area contributed by atoms with Gasteiger partial charge in [0.15, 0.2) is 0 Å². The van der Waals surface area contributed by atoms with Crippen LogP contribution in [-0.4, -0.2) is 50.8 Å². The predicted octanol–water partition coefficient (Wildman–Crippen LogP) is 1.89. The molecule has 1 unspecified atom stereocenters. The lowest BCUT2D eigenvalue weighted by atomic mass is 9.81. The van der Waals surface area contributed by atoms with Crippen LogP contribution in [0.4, 0.5) is 0 Å². The molecule has 0 bridgehead atoms. The summed E-state index contributed by atoms with van der Waals surface area (Å²) in [5.74, 6) is 0. The zero-order chi connectivity index (χ0) is 13.6. The molecular formula is C16H26N2O. The molecule has 1 atom stereocenters. The first kappa shape index (κ1) is 14.5. The van der Waals surface area contributed by atoms with Crippen LogP contribution in [0.2, 0.25) is 0 Å². The van der Waals surface area contributed by atoms with E-state index in [2.05, 4.69) is 54.4 Å². The zero-order valence-electron chi connectivity index (χ0n) is 12.2. The number of morpholine rings is 1. The summed E-state index contributed by atoms with van der Waals surface area (Å²) < 4.78 is 5.44. The molecule has 0 radical (unpaired) electrons. The van der Waals surface area contributed by atoms with Gasteiger partial charge in [-0.2, -0.15) is 0 Å². The van der Waals surface area contributed by atoms with Gasteiger partial charge in [0.1, 0.15) is 0 Å². The molecule has 1 aliphatic rings. The highest BCUT2D eigenvalue weighted by atomic mass is 16.5. The Morgan fingerprint density at radius 1 is 1.21 bits per heavy atom. The average Bonchev–Trinajstić information content (AvgIpc) is 2.47. The van der Waals surface area contributed by atoms with Crippen LogP contribution in [0.1, 0.15) is 19.4 Å². The maximum Gasteiger partial charge on any atom is 0.0594 e. The summed E-state index contributed by atoms with van der Waals surface area (Å²) in [5, 5.41) is 3.52.